The van der Waals surface area contributed by atoms with E-state index in [0.29, 0.717) is 5.56 Å². The Morgan fingerprint density at radius 3 is 2.71 bits per heavy atom. The molecule has 3 heteroatoms. The molecule has 0 saturated carbocycles. The SMILES string of the molecule is CC(NN(C)C)c1cccc(C#N)c1. The Morgan fingerprint density at radius 1 is 1.43 bits per heavy atom. The maximum Gasteiger partial charge on any atom is 0.0991 e. The van der Waals surface area contributed by atoms with Gasteiger partial charge in [-0.1, -0.05) is 12.1 Å². The highest BCUT2D eigenvalue weighted by molar-refractivity contribution is 5.33. The van der Waals surface area contributed by atoms with E-state index in [1.807, 2.05) is 43.4 Å². The molecule has 0 aliphatic rings. The average Bonchev–Trinajstić information content (AvgIpc) is 2.17. The van der Waals surface area contributed by atoms with Gasteiger partial charge in [0.2, 0.25) is 0 Å². The highest BCUT2D eigenvalue weighted by atomic mass is 15.5. The highest BCUT2D eigenvalue weighted by Gasteiger charge is 2.05. The second-order valence-corrected chi connectivity index (χ2v) is 3.48. The Labute approximate surface area is 84.9 Å². The molecule has 0 bridgehead atoms. The fourth-order valence-corrected chi connectivity index (χ4v) is 1.34. The third kappa shape index (κ3) is 2.84. The van der Waals surface area contributed by atoms with Crippen LogP contribution in [-0.4, -0.2) is 19.1 Å². The summed E-state index contributed by atoms with van der Waals surface area (Å²) in [6, 6.07) is 9.99. The van der Waals surface area contributed by atoms with E-state index in [4.69, 9.17) is 5.26 Å². The van der Waals surface area contributed by atoms with Crippen LogP contribution in [0, 0.1) is 11.3 Å². The average molecular weight is 189 g/mol. The van der Waals surface area contributed by atoms with Crippen LogP contribution in [0.3, 0.4) is 0 Å². The normalized spacial score (nSPS) is 12.5. The van der Waals surface area contributed by atoms with Gasteiger partial charge in [0.1, 0.15) is 0 Å². The summed E-state index contributed by atoms with van der Waals surface area (Å²) in [6.07, 6.45) is 0. The van der Waals surface area contributed by atoms with E-state index in [1.54, 1.807) is 0 Å². The Balaban J connectivity index is 2.80. The van der Waals surface area contributed by atoms with Gasteiger partial charge < -0.3 is 0 Å². The monoisotopic (exact) mass is 189 g/mol. The number of hydrogen-bond donors (Lipinski definition) is 1. The van der Waals surface area contributed by atoms with Gasteiger partial charge in [-0.3, -0.25) is 5.01 Å². The lowest BCUT2D eigenvalue weighted by Crippen LogP contribution is -2.32. The van der Waals surface area contributed by atoms with Crippen molar-refractivity contribution in [3.8, 4) is 6.07 Å². The van der Waals surface area contributed by atoms with Gasteiger partial charge in [0.25, 0.3) is 0 Å². The first-order valence-corrected chi connectivity index (χ1v) is 4.57. The topological polar surface area (TPSA) is 39.1 Å². The smallest absolute Gasteiger partial charge is 0.0991 e. The molecule has 1 aromatic carbocycles. The van der Waals surface area contributed by atoms with E-state index in [9.17, 15) is 0 Å². The Hall–Kier alpha value is -1.37. The first-order chi connectivity index (χ1) is 6.63. The van der Waals surface area contributed by atoms with Gasteiger partial charge in [-0.15, -0.1) is 0 Å². The van der Waals surface area contributed by atoms with Crippen molar-refractivity contribution in [1.29, 1.82) is 5.26 Å². The van der Waals surface area contributed by atoms with Gasteiger partial charge in [0.05, 0.1) is 11.6 Å². The van der Waals surface area contributed by atoms with E-state index in [2.05, 4.69) is 18.4 Å². The third-order valence-corrected chi connectivity index (χ3v) is 1.97. The predicted octanol–water partition coefficient (Wildman–Crippen LogP) is 1.69. The summed E-state index contributed by atoms with van der Waals surface area (Å²) in [4.78, 5) is 0. The van der Waals surface area contributed by atoms with Crippen LogP contribution in [0.25, 0.3) is 0 Å². The summed E-state index contributed by atoms with van der Waals surface area (Å²) in [5, 5.41) is 10.7. The number of nitrogens with one attached hydrogen (secondary N) is 1. The van der Waals surface area contributed by atoms with Gasteiger partial charge >= 0.3 is 0 Å². The maximum absolute atomic E-state index is 8.74. The van der Waals surface area contributed by atoms with Crippen LogP contribution in [0.5, 0.6) is 0 Å². The van der Waals surface area contributed by atoms with Crippen LogP contribution in [0.1, 0.15) is 24.1 Å². The molecule has 0 aliphatic carbocycles. The molecule has 1 N–H and O–H groups in total. The molecule has 0 aliphatic heterocycles. The fraction of sp³-hybridized carbons (Fsp3) is 0.364. The van der Waals surface area contributed by atoms with Gasteiger partial charge in [-0.2, -0.15) is 5.26 Å². The van der Waals surface area contributed by atoms with Gasteiger partial charge in [-0.05, 0) is 24.6 Å². The minimum absolute atomic E-state index is 0.221. The molecule has 0 fully saturated rings. The van der Waals surface area contributed by atoms with Gasteiger partial charge in [0.15, 0.2) is 0 Å². The van der Waals surface area contributed by atoms with Gasteiger partial charge in [0, 0.05) is 20.1 Å². The van der Waals surface area contributed by atoms with Crippen molar-refractivity contribution in [2.45, 2.75) is 13.0 Å². The molecule has 0 radical (unpaired) electrons. The lowest BCUT2D eigenvalue weighted by molar-refractivity contribution is 0.252. The number of benzene rings is 1. The summed E-state index contributed by atoms with van der Waals surface area (Å²) in [5.74, 6) is 0. The second kappa shape index (κ2) is 4.75. The number of hydrogen-bond acceptors (Lipinski definition) is 3. The lowest BCUT2D eigenvalue weighted by atomic mass is 10.1. The molecular formula is C11H15N3. The highest BCUT2D eigenvalue weighted by Crippen LogP contribution is 2.13. The summed E-state index contributed by atoms with van der Waals surface area (Å²) in [5.41, 5.74) is 5.06. The maximum atomic E-state index is 8.74. The van der Waals surface area contributed by atoms with Gasteiger partial charge in [-0.25, -0.2) is 5.43 Å². The third-order valence-electron chi connectivity index (χ3n) is 1.97. The molecule has 1 unspecified atom stereocenters. The number of hydrazine groups is 1. The van der Waals surface area contributed by atoms with Crippen molar-refractivity contribution in [1.82, 2.24) is 10.4 Å². The number of nitrogens with zero attached hydrogens (tertiary/aromatic N) is 2. The Bertz CT molecular complexity index is 339. The zero-order chi connectivity index (χ0) is 10.6. The molecule has 14 heavy (non-hydrogen) atoms. The Kier molecular flexibility index (Phi) is 3.63. The second-order valence-electron chi connectivity index (χ2n) is 3.48. The molecule has 74 valence electrons. The number of rotatable bonds is 3. The van der Waals surface area contributed by atoms with E-state index in [0.717, 1.165) is 5.56 Å². The van der Waals surface area contributed by atoms with Crippen LogP contribution in [0.15, 0.2) is 24.3 Å². The molecule has 1 rings (SSSR count). The van der Waals surface area contributed by atoms with Crippen molar-refractivity contribution in [3.63, 3.8) is 0 Å². The largest absolute Gasteiger partial charge is 0.250 e. The standard InChI is InChI=1S/C11H15N3/c1-9(13-14(2)3)11-6-4-5-10(7-11)8-12/h4-7,9,13H,1-3H3. The quantitative estimate of drug-likeness (QED) is 0.735. The van der Waals surface area contributed by atoms with Crippen molar-refractivity contribution < 1.29 is 0 Å². The summed E-state index contributed by atoms with van der Waals surface area (Å²) in [7, 11) is 3.90. The Morgan fingerprint density at radius 2 is 2.14 bits per heavy atom. The van der Waals surface area contributed by atoms with Crippen molar-refractivity contribution in [2.24, 2.45) is 0 Å². The predicted molar refractivity (Wildman–Crippen MR) is 56.4 cm³/mol. The zero-order valence-electron chi connectivity index (χ0n) is 8.78. The molecule has 0 saturated heterocycles. The van der Waals surface area contributed by atoms with E-state index >= 15 is 0 Å². The van der Waals surface area contributed by atoms with E-state index in [-0.39, 0.29) is 6.04 Å². The van der Waals surface area contributed by atoms with Crippen LogP contribution >= 0.6 is 0 Å². The molecule has 0 heterocycles. The molecule has 0 spiro atoms. The van der Waals surface area contributed by atoms with Crippen molar-refractivity contribution >= 4 is 0 Å². The molecule has 1 atom stereocenters. The minimum atomic E-state index is 0.221. The van der Waals surface area contributed by atoms with Crippen LogP contribution in [-0.2, 0) is 0 Å². The lowest BCUT2D eigenvalue weighted by Gasteiger charge is -2.19. The first-order valence-electron chi connectivity index (χ1n) is 4.57. The molecule has 3 nitrogen and oxygen atoms in total. The fourth-order valence-electron chi connectivity index (χ4n) is 1.34. The minimum Gasteiger partial charge on any atom is -0.250 e. The molecule has 0 amide bonds. The summed E-state index contributed by atoms with van der Waals surface area (Å²) >= 11 is 0. The molecule has 0 aromatic heterocycles. The summed E-state index contributed by atoms with van der Waals surface area (Å²) < 4.78 is 0. The molecular weight excluding hydrogens is 174 g/mol. The van der Waals surface area contributed by atoms with Crippen molar-refractivity contribution in [2.75, 3.05) is 14.1 Å². The zero-order valence-corrected chi connectivity index (χ0v) is 8.78. The van der Waals surface area contributed by atoms with Crippen LogP contribution < -0.4 is 5.43 Å². The van der Waals surface area contributed by atoms with E-state index < -0.39 is 0 Å². The van der Waals surface area contributed by atoms with E-state index in [1.165, 1.54) is 0 Å². The number of nitriles is 1. The molecule has 1 aromatic rings. The summed E-state index contributed by atoms with van der Waals surface area (Å²) in [6.45, 7) is 2.07. The first kappa shape index (κ1) is 10.7. The van der Waals surface area contributed by atoms with Crippen LogP contribution in [0.4, 0.5) is 0 Å². The van der Waals surface area contributed by atoms with Crippen molar-refractivity contribution in [3.05, 3.63) is 35.4 Å². The van der Waals surface area contributed by atoms with Crippen LogP contribution in [0.2, 0.25) is 0 Å².